The predicted octanol–water partition coefficient (Wildman–Crippen LogP) is 1.37. The van der Waals surface area contributed by atoms with Crippen LogP contribution < -0.4 is 14.8 Å². The third-order valence-electron chi connectivity index (χ3n) is 4.19. The molecule has 1 saturated heterocycles. The number of rotatable bonds is 4. The number of hydrogen-bond acceptors (Lipinski definition) is 4. The molecule has 0 aromatic heterocycles. The van der Waals surface area contributed by atoms with E-state index in [9.17, 15) is 9.90 Å². The number of amides is 2. The van der Waals surface area contributed by atoms with Crippen LogP contribution >= 0.6 is 0 Å². The Morgan fingerprint density at radius 2 is 2.23 bits per heavy atom. The molecule has 6 nitrogen and oxygen atoms in total. The van der Waals surface area contributed by atoms with Gasteiger partial charge in [-0.25, -0.2) is 4.79 Å². The van der Waals surface area contributed by atoms with Crippen molar-refractivity contribution in [3.63, 3.8) is 0 Å². The Balaban J connectivity index is 1.45. The lowest BCUT2D eigenvalue weighted by atomic mass is 9.99. The average Bonchev–Trinajstić information content (AvgIpc) is 3.02. The van der Waals surface area contributed by atoms with Crippen LogP contribution in [0.5, 0.6) is 11.5 Å². The third-order valence-corrected chi connectivity index (χ3v) is 4.19. The first-order valence-corrected chi connectivity index (χ1v) is 7.78. The minimum atomic E-state index is -0.0427. The number of carbonyl (C=O) groups is 1. The van der Waals surface area contributed by atoms with Crippen molar-refractivity contribution in [2.24, 2.45) is 5.92 Å². The molecule has 2 aliphatic heterocycles. The summed E-state index contributed by atoms with van der Waals surface area (Å²) in [7, 11) is 0. The zero-order chi connectivity index (χ0) is 15.4. The van der Waals surface area contributed by atoms with Crippen molar-refractivity contribution >= 4 is 6.03 Å². The van der Waals surface area contributed by atoms with Crippen LogP contribution in [-0.4, -0.2) is 49.1 Å². The van der Waals surface area contributed by atoms with Crippen LogP contribution in [0.1, 0.15) is 18.4 Å². The fourth-order valence-corrected chi connectivity index (χ4v) is 2.92. The Kier molecular flexibility index (Phi) is 4.68. The first-order valence-electron chi connectivity index (χ1n) is 7.78. The summed E-state index contributed by atoms with van der Waals surface area (Å²) < 4.78 is 10.6. The van der Waals surface area contributed by atoms with E-state index in [4.69, 9.17) is 9.47 Å². The minimum absolute atomic E-state index is 0.0427. The van der Waals surface area contributed by atoms with E-state index in [-0.39, 0.29) is 25.3 Å². The van der Waals surface area contributed by atoms with Gasteiger partial charge in [-0.1, -0.05) is 6.07 Å². The number of piperidine rings is 1. The van der Waals surface area contributed by atoms with Crippen molar-refractivity contribution in [3.8, 4) is 11.5 Å². The highest BCUT2D eigenvalue weighted by atomic mass is 16.7. The van der Waals surface area contributed by atoms with Gasteiger partial charge in [0.1, 0.15) is 0 Å². The van der Waals surface area contributed by atoms with E-state index in [1.807, 2.05) is 18.2 Å². The minimum Gasteiger partial charge on any atom is -0.454 e. The van der Waals surface area contributed by atoms with Crippen molar-refractivity contribution in [1.82, 2.24) is 10.2 Å². The van der Waals surface area contributed by atoms with Crippen LogP contribution in [0.4, 0.5) is 4.79 Å². The molecule has 2 aliphatic rings. The molecule has 1 aromatic rings. The molecule has 1 atom stereocenters. The second-order valence-corrected chi connectivity index (χ2v) is 5.81. The third kappa shape index (κ3) is 3.44. The number of urea groups is 1. The second-order valence-electron chi connectivity index (χ2n) is 5.81. The number of nitrogens with one attached hydrogen (secondary N) is 1. The lowest BCUT2D eigenvalue weighted by molar-refractivity contribution is 0.129. The summed E-state index contributed by atoms with van der Waals surface area (Å²) in [5.74, 6) is 1.76. The van der Waals surface area contributed by atoms with E-state index in [0.717, 1.165) is 42.9 Å². The highest BCUT2D eigenvalue weighted by Gasteiger charge is 2.22. The van der Waals surface area contributed by atoms with Crippen LogP contribution in [0.2, 0.25) is 0 Å². The van der Waals surface area contributed by atoms with Gasteiger partial charge in [-0.05, 0) is 42.9 Å². The molecule has 2 amide bonds. The lowest BCUT2D eigenvalue weighted by Gasteiger charge is -2.31. The zero-order valence-electron chi connectivity index (χ0n) is 12.6. The van der Waals surface area contributed by atoms with E-state index in [2.05, 4.69) is 5.32 Å². The topological polar surface area (TPSA) is 71.0 Å². The van der Waals surface area contributed by atoms with E-state index in [0.29, 0.717) is 13.1 Å². The van der Waals surface area contributed by atoms with Crippen molar-refractivity contribution < 1.29 is 19.4 Å². The normalized spacial score (nSPS) is 20.0. The Hall–Kier alpha value is -1.95. The molecule has 1 fully saturated rings. The first kappa shape index (κ1) is 15.0. The van der Waals surface area contributed by atoms with Gasteiger partial charge in [-0.2, -0.15) is 0 Å². The van der Waals surface area contributed by atoms with Gasteiger partial charge in [0.25, 0.3) is 0 Å². The largest absolute Gasteiger partial charge is 0.454 e. The van der Waals surface area contributed by atoms with Crippen LogP contribution in [0.25, 0.3) is 0 Å². The maximum atomic E-state index is 12.1. The van der Waals surface area contributed by atoms with Crippen LogP contribution in [0.15, 0.2) is 18.2 Å². The van der Waals surface area contributed by atoms with E-state index in [1.54, 1.807) is 4.90 Å². The summed E-state index contributed by atoms with van der Waals surface area (Å²) in [6, 6.07) is 5.80. The summed E-state index contributed by atoms with van der Waals surface area (Å²) in [6.07, 6.45) is 2.71. The molecule has 0 aliphatic carbocycles. The first-order chi connectivity index (χ1) is 10.8. The second kappa shape index (κ2) is 6.87. The fraction of sp³-hybridized carbons (Fsp3) is 0.562. The molecule has 1 aromatic carbocycles. The smallest absolute Gasteiger partial charge is 0.317 e. The van der Waals surface area contributed by atoms with Gasteiger partial charge in [0.05, 0.1) is 0 Å². The lowest BCUT2D eigenvalue weighted by Crippen LogP contribution is -2.46. The van der Waals surface area contributed by atoms with Crippen LogP contribution in [0.3, 0.4) is 0 Å². The standard InChI is InChI=1S/C16H22N2O4/c19-10-13-2-1-7-18(9-13)16(20)17-6-5-12-3-4-14-15(8-12)22-11-21-14/h3-4,8,13,19H,1-2,5-7,9-11H2,(H,17,20). The van der Waals surface area contributed by atoms with E-state index >= 15 is 0 Å². The quantitative estimate of drug-likeness (QED) is 0.881. The number of hydrogen-bond donors (Lipinski definition) is 2. The van der Waals surface area contributed by atoms with Gasteiger partial charge in [-0.15, -0.1) is 0 Å². The Labute approximate surface area is 130 Å². The molecule has 0 radical (unpaired) electrons. The molecule has 0 saturated carbocycles. The number of aliphatic hydroxyl groups excluding tert-OH is 1. The van der Waals surface area contributed by atoms with Gasteiger partial charge < -0.3 is 24.8 Å². The number of benzene rings is 1. The van der Waals surface area contributed by atoms with E-state index < -0.39 is 0 Å². The van der Waals surface area contributed by atoms with Crippen molar-refractivity contribution in [2.75, 3.05) is 33.0 Å². The molecular formula is C16H22N2O4. The zero-order valence-corrected chi connectivity index (χ0v) is 12.6. The average molecular weight is 306 g/mol. The van der Waals surface area contributed by atoms with Crippen LogP contribution in [-0.2, 0) is 6.42 Å². The van der Waals surface area contributed by atoms with Gasteiger partial charge in [0, 0.05) is 26.2 Å². The predicted molar refractivity (Wildman–Crippen MR) is 81.1 cm³/mol. The molecule has 22 heavy (non-hydrogen) atoms. The SMILES string of the molecule is O=C(NCCc1ccc2c(c1)OCO2)N1CCCC(CO)C1. The molecule has 6 heteroatoms. The molecule has 3 rings (SSSR count). The molecular weight excluding hydrogens is 284 g/mol. The number of carbonyl (C=O) groups excluding carboxylic acids is 1. The summed E-state index contributed by atoms with van der Waals surface area (Å²) in [6.45, 7) is 2.43. The molecule has 0 bridgehead atoms. The highest BCUT2D eigenvalue weighted by Crippen LogP contribution is 2.32. The van der Waals surface area contributed by atoms with Gasteiger partial charge in [0.15, 0.2) is 11.5 Å². The maximum absolute atomic E-state index is 12.1. The maximum Gasteiger partial charge on any atom is 0.317 e. The number of ether oxygens (including phenoxy) is 2. The molecule has 0 spiro atoms. The van der Waals surface area contributed by atoms with Gasteiger partial charge in [-0.3, -0.25) is 0 Å². The summed E-state index contributed by atoms with van der Waals surface area (Å²) >= 11 is 0. The Bertz CT molecular complexity index is 535. The summed E-state index contributed by atoms with van der Waals surface area (Å²) in [5.41, 5.74) is 1.11. The van der Waals surface area contributed by atoms with E-state index in [1.165, 1.54) is 0 Å². The fourth-order valence-electron chi connectivity index (χ4n) is 2.92. The van der Waals surface area contributed by atoms with Crippen molar-refractivity contribution in [3.05, 3.63) is 23.8 Å². The number of fused-ring (bicyclic) bond motifs is 1. The monoisotopic (exact) mass is 306 g/mol. The van der Waals surface area contributed by atoms with Gasteiger partial charge in [0.2, 0.25) is 6.79 Å². The number of likely N-dealkylation sites (tertiary alicyclic amines) is 1. The molecule has 2 N–H and O–H groups in total. The molecule has 2 heterocycles. The number of nitrogens with zero attached hydrogens (tertiary/aromatic N) is 1. The van der Waals surface area contributed by atoms with Crippen molar-refractivity contribution in [1.29, 1.82) is 0 Å². The highest BCUT2D eigenvalue weighted by molar-refractivity contribution is 5.74. The summed E-state index contributed by atoms with van der Waals surface area (Å²) in [5, 5.41) is 12.2. The van der Waals surface area contributed by atoms with Crippen molar-refractivity contribution in [2.45, 2.75) is 19.3 Å². The number of aliphatic hydroxyl groups is 1. The molecule has 1 unspecified atom stereocenters. The van der Waals surface area contributed by atoms with Crippen LogP contribution in [0, 0.1) is 5.92 Å². The Morgan fingerprint density at radius 1 is 1.36 bits per heavy atom. The Morgan fingerprint density at radius 3 is 3.09 bits per heavy atom. The summed E-state index contributed by atoms with van der Waals surface area (Å²) in [4.78, 5) is 13.9. The molecule has 120 valence electrons. The van der Waals surface area contributed by atoms with Gasteiger partial charge >= 0.3 is 6.03 Å².